The molecule has 0 bridgehead atoms. The van der Waals surface area contributed by atoms with Crippen molar-refractivity contribution in [3.05, 3.63) is 76.5 Å². The number of pyridine rings is 2. The van der Waals surface area contributed by atoms with Gasteiger partial charge in [0.25, 0.3) is 0 Å². The lowest BCUT2D eigenvalue weighted by atomic mass is 10.1. The Balaban J connectivity index is 1.99. The summed E-state index contributed by atoms with van der Waals surface area (Å²) in [4.78, 5) is 5.03. The standard InChI is InChI=1S/C22H15IN2O/c1-26-15-11-9-14(10-12-15)21-22-19(16-6-2-3-7-17(16)24-21)20(23)18-8-4-5-13-25(18)22/h2-13H,1H3. The number of nitrogens with zero attached hydrogens (tertiary/aromatic N) is 2. The van der Waals surface area contributed by atoms with Gasteiger partial charge in [0.2, 0.25) is 0 Å². The molecule has 0 N–H and O–H groups in total. The zero-order valence-electron chi connectivity index (χ0n) is 14.1. The second kappa shape index (κ2) is 5.99. The van der Waals surface area contributed by atoms with Crippen LogP contribution in [-0.4, -0.2) is 16.5 Å². The molecule has 0 saturated heterocycles. The lowest BCUT2D eigenvalue weighted by Crippen LogP contribution is -1.92. The van der Waals surface area contributed by atoms with Crippen LogP contribution < -0.4 is 4.74 Å². The highest BCUT2D eigenvalue weighted by Crippen LogP contribution is 2.38. The van der Waals surface area contributed by atoms with Crippen LogP contribution in [0, 0.1) is 3.57 Å². The summed E-state index contributed by atoms with van der Waals surface area (Å²) in [5.74, 6) is 0.848. The van der Waals surface area contributed by atoms with E-state index in [1.54, 1.807) is 7.11 Å². The van der Waals surface area contributed by atoms with Crippen molar-refractivity contribution in [1.82, 2.24) is 9.38 Å². The summed E-state index contributed by atoms with van der Waals surface area (Å²) >= 11 is 2.46. The van der Waals surface area contributed by atoms with Crippen LogP contribution in [0.2, 0.25) is 0 Å². The van der Waals surface area contributed by atoms with Crippen molar-refractivity contribution in [3.63, 3.8) is 0 Å². The van der Waals surface area contributed by atoms with Crippen molar-refractivity contribution in [2.24, 2.45) is 0 Å². The highest BCUT2D eigenvalue weighted by Gasteiger charge is 2.18. The predicted molar refractivity (Wildman–Crippen MR) is 115 cm³/mol. The van der Waals surface area contributed by atoms with Crippen LogP contribution in [0.4, 0.5) is 0 Å². The molecule has 126 valence electrons. The zero-order valence-corrected chi connectivity index (χ0v) is 16.3. The molecule has 0 spiro atoms. The van der Waals surface area contributed by atoms with Crippen LogP contribution in [0.1, 0.15) is 0 Å². The van der Waals surface area contributed by atoms with E-state index in [4.69, 9.17) is 9.72 Å². The fraction of sp³-hybridized carbons (Fsp3) is 0.0455. The predicted octanol–water partition coefficient (Wildman–Crippen LogP) is 5.92. The molecule has 0 saturated carbocycles. The maximum atomic E-state index is 5.31. The quantitative estimate of drug-likeness (QED) is 0.312. The summed E-state index contributed by atoms with van der Waals surface area (Å²) in [5, 5.41) is 2.45. The van der Waals surface area contributed by atoms with E-state index in [9.17, 15) is 0 Å². The first-order valence-electron chi connectivity index (χ1n) is 8.39. The number of para-hydroxylation sites is 1. The number of rotatable bonds is 2. The van der Waals surface area contributed by atoms with Crippen LogP contribution in [0.25, 0.3) is 38.6 Å². The van der Waals surface area contributed by atoms with Crippen molar-refractivity contribution in [3.8, 4) is 17.0 Å². The first kappa shape index (κ1) is 15.6. The van der Waals surface area contributed by atoms with E-state index in [0.29, 0.717) is 0 Å². The van der Waals surface area contributed by atoms with Crippen LogP contribution in [-0.2, 0) is 0 Å². The van der Waals surface area contributed by atoms with E-state index in [2.05, 4.69) is 81.7 Å². The summed E-state index contributed by atoms with van der Waals surface area (Å²) in [5.41, 5.74) is 5.44. The fourth-order valence-electron chi connectivity index (χ4n) is 3.55. The number of methoxy groups -OCH3 is 1. The molecule has 5 aromatic rings. The molecular weight excluding hydrogens is 435 g/mol. The first-order chi connectivity index (χ1) is 12.8. The summed E-state index contributed by atoms with van der Waals surface area (Å²) < 4.78 is 8.81. The highest BCUT2D eigenvalue weighted by atomic mass is 127. The molecule has 0 aliphatic rings. The molecule has 0 amide bonds. The Kier molecular flexibility index (Phi) is 3.60. The Morgan fingerprint density at radius 1 is 0.923 bits per heavy atom. The number of aromatic nitrogens is 2. The monoisotopic (exact) mass is 450 g/mol. The Labute approximate surface area is 164 Å². The molecule has 5 rings (SSSR count). The minimum absolute atomic E-state index is 0.848. The Morgan fingerprint density at radius 2 is 1.69 bits per heavy atom. The zero-order chi connectivity index (χ0) is 17.7. The topological polar surface area (TPSA) is 26.5 Å². The second-order valence-electron chi connectivity index (χ2n) is 6.20. The number of ether oxygens (including phenoxy) is 1. The van der Waals surface area contributed by atoms with Gasteiger partial charge < -0.3 is 9.14 Å². The number of hydrogen-bond donors (Lipinski definition) is 0. The fourth-order valence-corrected chi connectivity index (χ4v) is 4.54. The normalized spacial score (nSPS) is 11.5. The third-order valence-corrected chi connectivity index (χ3v) is 5.87. The Bertz CT molecular complexity index is 1270. The minimum atomic E-state index is 0.848. The highest BCUT2D eigenvalue weighted by molar-refractivity contribution is 14.1. The van der Waals surface area contributed by atoms with Crippen LogP contribution in [0.3, 0.4) is 0 Å². The van der Waals surface area contributed by atoms with E-state index in [1.807, 2.05) is 18.2 Å². The molecular formula is C22H15IN2O. The molecule has 0 unspecified atom stereocenters. The van der Waals surface area contributed by atoms with Gasteiger partial charge in [0.15, 0.2) is 0 Å². The van der Waals surface area contributed by atoms with E-state index >= 15 is 0 Å². The summed E-state index contributed by atoms with van der Waals surface area (Å²) in [6, 6.07) is 22.8. The molecule has 0 atom stereocenters. The van der Waals surface area contributed by atoms with E-state index in [0.717, 1.165) is 28.0 Å². The van der Waals surface area contributed by atoms with Gasteiger partial charge in [-0.05, 0) is 65.1 Å². The van der Waals surface area contributed by atoms with E-state index in [-0.39, 0.29) is 0 Å². The van der Waals surface area contributed by atoms with E-state index < -0.39 is 0 Å². The maximum absolute atomic E-state index is 5.31. The first-order valence-corrected chi connectivity index (χ1v) is 9.47. The maximum Gasteiger partial charge on any atom is 0.118 e. The summed E-state index contributed by atoms with van der Waals surface area (Å²) in [6.45, 7) is 0. The van der Waals surface area contributed by atoms with Crippen LogP contribution >= 0.6 is 22.6 Å². The number of benzene rings is 2. The Morgan fingerprint density at radius 3 is 2.50 bits per heavy atom. The molecule has 0 aliphatic heterocycles. The smallest absolute Gasteiger partial charge is 0.118 e. The van der Waals surface area contributed by atoms with Gasteiger partial charge in [-0.25, -0.2) is 4.98 Å². The van der Waals surface area contributed by atoms with Gasteiger partial charge >= 0.3 is 0 Å². The van der Waals surface area contributed by atoms with Gasteiger partial charge in [-0.15, -0.1) is 0 Å². The minimum Gasteiger partial charge on any atom is -0.497 e. The van der Waals surface area contributed by atoms with Gasteiger partial charge in [-0.3, -0.25) is 0 Å². The molecule has 0 aliphatic carbocycles. The molecule has 4 heteroatoms. The van der Waals surface area contributed by atoms with Crippen LogP contribution in [0.15, 0.2) is 72.9 Å². The number of fused-ring (bicyclic) bond motifs is 5. The average molecular weight is 450 g/mol. The SMILES string of the molecule is COc1ccc(-c2nc3ccccc3c3c(I)c4ccccn4c23)cc1. The van der Waals surface area contributed by atoms with Crippen LogP contribution in [0.5, 0.6) is 5.75 Å². The van der Waals surface area contributed by atoms with Gasteiger partial charge in [0.1, 0.15) is 5.75 Å². The van der Waals surface area contributed by atoms with Crippen molar-refractivity contribution in [1.29, 1.82) is 0 Å². The third kappa shape index (κ3) is 2.22. The van der Waals surface area contributed by atoms with Crippen molar-refractivity contribution in [2.75, 3.05) is 7.11 Å². The second-order valence-corrected chi connectivity index (χ2v) is 7.28. The van der Waals surface area contributed by atoms with Crippen molar-refractivity contribution in [2.45, 2.75) is 0 Å². The van der Waals surface area contributed by atoms with Gasteiger partial charge in [-0.2, -0.15) is 0 Å². The van der Waals surface area contributed by atoms with Crippen molar-refractivity contribution < 1.29 is 4.74 Å². The molecule has 3 nitrogen and oxygen atoms in total. The van der Waals surface area contributed by atoms with Gasteiger partial charge in [0, 0.05) is 26.1 Å². The number of hydrogen-bond acceptors (Lipinski definition) is 2. The van der Waals surface area contributed by atoms with E-state index in [1.165, 1.54) is 19.9 Å². The molecule has 3 heterocycles. The molecule has 26 heavy (non-hydrogen) atoms. The molecule has 0 fully saturated rings. The number of halogens is 1. The molecule has 2 aromatic carbocycles. The Hall–Kier alpha value is -2.60. The lowest BCUT2D eigenvalue weighted by Gasteiger charge is -2.09. The summed E-state index contributed by atoms with van der Waals surface area (Å²) in [7, 11) is 1.68. The average Bonchev–Trinajstić information content (AvgIpc) is 3.01. The molecule has 0 radical (unpaired) electrons. The third-order valence-electron chi connectivity index (χ3n) is 4.78. The van der Waals surface area contributed by atoms with Gasteiger partial charge in [0.05, 0.1) is 29.4 Å². The van der Waals surface area contributed by atoms with Crippen molar-refractivity contribution >= 4 is 49.9 Å². The molecule has 3 aromatic heterocycles. The largest absolute Gasteiger partial charge is 0.497 e. The lowest BCUT2D eigenvalue weighted by molar-refractivity contribution is 0.415. The summed E-state index contributed by atoms with van der Waals surface area (Å²) in [6.07, 6.45) is 2.11. The van der Waals surface area contributed by atoms with Gasteiger partial charge in [-0.1, -0.05) is 24.3 Å².